The van der Waals surface area contributed by atoms with Crippen molar-refractivity contribution in [3.63, 3.8) is 0 Å². The third-order valence-corrected chi connectivity index (χ3v) is 2.51. The highest BCUT2D eigenvalue weighted by atomic mass is 16.5. The van der Waals surface area contributed by atoms with E-state index in [1.165, 1.54) is 5.57 Å². The van der Waals surface area contributed by atoms with Crippen molar-refractivity contribution in [2.75, 3.05) is 26.8 Å². The van der Waals surface area contributed by atoms with Crippen LogP contribution in [0.25, 0.3) is 0 Å². The third-order valence-electron chi connectivity index (χ3n) is 2.51. The van der Waals surface area contributed by atoms with E-state index < -0.39 is 0 Å². The molecule has 2 N–H and O–H groups in total. The van der Waals surface area contributed by atoms with E-state index in [1.807, 2.05) is 0 Å². The molecule has 1 rings (SSSR count). The largest absolute Gasteiger partial charge is 0.377 e. The number of hydrogen-bond acceptors (Lipinski definition) is 2. The van der Waals surface area contributed by atoms with Gasteiger partial charge in [-0.1, -0.05) is 11.6 Å². The highest BCUT2D eigenvalue weighted by molar-refractivity contribution is 5.80. The van der Waals surface area contributed by atoms with E-state index in [-0.39, 0.29) is 5.54 Å². The molecule has 0 unspecified atom stereocenters. The average Bonchev–Trinajstić information content (AvgIpc) is 2.27. The second-order valence-corrected chi connectivity index (χ2v) is 5.31. The zero-order chi connectivity index (χ0) is 12.7. The second-order valence-electron chi connectivity index (χ2n) is 5.31. The molecule has 0 spiro atoms. The van der Waals surface area contributed by atoms with Crippen LogP contribution in [0.1, 0.15) is 33.6 Å². The molecule has 0 saturated heterocycles. The molecule has 0 aromatic heterocycles. The van der Waals surface area contributed by atoms with Crippen LogP contribution in [-0.2, 0) is 4.74 Å². The van der Waals surface area contributed by atoms with Crippen molar-refractivity contribution in [3.05, 3.63) is 11.6 Å². The van der Waals surface area contributed by atoms with Gasteiger partial charge in [0.1, 0.15) is 0 Å². The first kappa shape index (κ1) is 14.0. The van der Waals surface area contributed by atoms with Gasteiger partial charge in [0.05, 0.1) is 13.2 Å². The molecule has 98 valence electrons. The van der Waals surface area contributed by atoms with Crippen LogP contribution in [0.3, 0.4) is 0 Å². The Labute approximate surface area is 105 Å². The molecule has 0 saturated carbocycles. The molecule has 4 heteroatoms. The first-order valence-corrected chi connectivity index (χ1v) is 6.26. The molecule has 0 amide bonds. The van der Waals surface area contributed by atoms with Gasteiger partial charge in [-0.15, -0.1) is 0 Å². The van der Waals surface area contributed by atoms with Gasteiger partial charge in [0.25, 0.3) is 0 Å². The Morgan fingerprint density at radius 1 is 1.47 bits per heavy atom. The van der Waals surface area contributed by atoms with Gasteiger partial charge in [-0.2, -0.15) is 0 Å². The maximum Gasteiger partial charge on any atom is 0.191 e. The van der Waals surface area contributed by atoms with Gasteiger partial charge in [0.15, 0.2) is 5.96 Å². The van der Waals surface area contributed by atoms with Gasteiger partial charge >= 0.3 is 0 Å². The number of nitrogens with zero attached hydrogens (tertiary/aromatic N) is 1. The van der Waals surface area contributed by atoms with Crippen molar-refractivity contribution in [2.45, 2.75) is 39.2 Å². The number of aliphatic imine (C=N–C) groups is 1. The fourth-order valence-electron chi connectivity index (χ4n) is 1.67. The van der Waals surface area contributed by atoms with Crippen molar-refractivity contribution >= 4 is 5.96 Å². The molecule has 17 heavy (non-hydrogen) atoms. The molecule has 1 aliphatic rings. The second kappa shape index (κ2) is 6.64. The molecule has 1 heterocycles. The Kier molecular flexibility index (Phi) is 5.48. The predicted octanol–water partition coefficient (Wildman–Crippen LogP) is 1.69. The SMILES string of the molecule is CN=C(NCCC1=CCOCC1)NC(C)(C)C. The molecular weight excluding hydrogens is 214 g/mol. The minimum Gasteiger partial charge on any atom is -0.377 e. The van der Waals surface area contributed by atoms with E-state index in [0.29, 0.717) is 0 Å². The molecule has 0 fully saturated rings. The number of nitrogens with one attached hydrogen (secondary N) is 2. The Hall–Kier alpha value is -1.03. The van der Waals surface area contributed by atoms with Crippen LogP contribution in [0.15, 0.2) is 16.6 Å². The normalized spacial score (nSPS) is 17.6. The number of hydrogen-bond donors (Lipinski definition) is 2. The molecule has 0 aromatic carbocycles. The van der Waals surface area contributed by atoms with Gasteiger partial charge in [-0.25, -0.2) is 0 Å². The average molecular weight is 239 g/mol. The van der Waals surface area contributed by atoms with Gasteiger partial charge in [0.2, 0.25) is 0 Å². The first-order chi connectivity index (χ1) is 8.01. The lowest BCUT2D eigenvalue weighted by molar-refractivity contribution is 0.153. The van der Waals surface area contributed by atoms with Gasteiger partial charge < -0.3 is 15.4 Å². The Balaban J connectivity index is 2.26. The van der Waals surface area contributed by atoms with Crippen LogP contribution in [0, 0.1) is 0 Å². The zero-order valence-corrected chi connectivity index (χ0v) is 11.5. The van der Waals surface area contributed by atoms with E-state index in [9.17, 15) is 0 Å². The van der Waals surface area contributed by atoms with Crippen molar-refractivity contribution in [3.8, 4) is 0 Å². The Morgan fingerprint density at radius 2 is 2.24 bits per heavy atom. The summed E-state index contributed by atoms with van der Waals surface area (Å²) in [6.45, 7) is 8.93. The summed E-state index contributed by atoms with van der Waals surface area (Å²) in [6, 6.07) is 0. The zero-order valence-electron chi connectivity index (χ0n) is 11.5. The van der Waals surface area contributed by atoms with Crippen LogP contribution >= 0.6 is 0 Å². The first-order valence-electron chi connectivity index (χ1n) is 6.26. The molecule has 4 nitrogen and oxygen atoms in total. The summed E-state index contributed by atoms with van der Waals surface area (Å²) < 4.78 is 5.28. The minimum absolute atomic E-state index is 0.0415. The molecule has 1 aliphatic heterocycles. The monoisotopic (exact) mass is 239 g/mol. The van der Waals surface area contributed by atoms with E-state index in [1.54, 1.807) is 7.05 Å². The topological polar surface area (TPSA) is 45.7 Å². The van der Waals surface area contributed by atoms with Crippen molar-refractivity contribution in [1.82, 2.24) is 10.6 Å². The smallest absolute Gasteiger partial charge is 0.191 e. The maximum absolute atomic E-state index is 5.28. The van der Waals surface area contributed by atoms with Crippen LogP contribution in [-0.4, -0.2) is 38.3 Å². The molecule has 0 aliphatic carbocycles. The quantitative estimate of drug-likeness (QED) is 0.447. The number of ether oxygens (including phenoxy) is 1. The van der Waals surface area contributed by atoms with Crippen LogP contribution < -0.4 is 10.6 Å². The predicted molar refractivity (Wildman–Crippen MR) is 72.4 cm³/mol. The van der Waals surface area contributed by atoms with Gasteiger partial charge in [-0.3, -0.25) is 4.99 Å². The van der Waals surface area contributed by atoms with Crippen LogP contribution in [0.2, 0.25) is 0 Å². The van der Waals surface area contributed by atoms with Crippen molar-refractivity contribution in [2.24, 2.45) is 4.99 Å². The van der Waals surface area contributed by atoms with E-state index in [0.717, 1.165) is 38.6 Å². The fraction of sp³-hybridized carbons (Fsp3) is 0.769. The lowest BCUT2D eigenvalue weighted by Crippen LogP contribution is -2.47. The summed E-state index contributed by atoms with van der Waals surface area (Å²) in [5.74, 6) is 0.866. The molecule has 0 bridgehead atoms. The minimum atomic E-state index is 0.0415. The van der Waals surface area contributed by atoms with Crippen LogP contribution in [0.4, 0.5) is 0 Å². The van der Waals surface area contributed by atoms with Gasteiger partial charge in [-0.05, 0) is 33.6 Å². The lowest BCUT2D eigenvalue weighted by atomic mass is 10.1. The summed E-state index contributed by atoms with van der Waals surface area (Å²) in [6.07, 6.45) is 4.31. The standard InChI is InChI=1S/C13H25N3O/c1-13(2,3)16-12(14-4)15-8-5-11-6-9-17-10-7-11/h6H,5,7-10H2,1-4H3,(H2,14,15,16). The summed E-state index contributed by atoms with van der Waals surface area (Å²) in [7, 11) is 1.80. The highest BCUT2D eigenvalue weighted by Crippen LogP contribution is 2.10. The van der Waals surface area contributed by atoms with Crippen molar-refractivity contribution in [1.29, 1.82) is 0 Å². The van der Waals surface area contributed by atoms with E-state index >= 15 is 0 Å². The molecule has 0 atom stereocenters. The molecule has 0 radical (unpaired) electrons. The van der Waals surface area contributed by atoms with E-state index in [4.69, 9.17) is 4.74 Å². The fourth-order valence-corrected chi connectivity index (χ4v) is 1.67. The highest BCUT2D eigenvalue weighted by Gasteiger charge is 2.11. The summed E-state index contributed by atoms with van der Waals surface area (Å²) in [5.41, 5.74) is 1.52. The number of guanidine groups is 1. The molecule has 0 aromatic rings. The Bertz CT molecular complexity index is 290. The Morgan fingerprint density at radius 3 is 2.76 bits per heavy atom. The summed E-state index contributed by atoms with van der Waals surface area (Å²) in [5, 5.41) is 6.67. The maximum atomic E-state index is 5.28. The van der Waals surface area contributed by atoms with Crippen molar-refractivity contribution < 1.29 is 4.74 Å². The number of rotatable bonds is 3. The summed E-state index contributed by atoms with van der Waals surface area (Å²) in [4.78, 5) is 4.21. The van der Waals surface area contributed by atoms with Crippen LogP contribution in [0.5, 0.6) is 0 Å². The molecular formula is C13H25N3O. The van der Waals surface area contributed by atoms with E-state index in [2.05, 4.69) is 42.5 Å². The van der Waals surface area contributed by atoms with Gasteiger partial charge in [0, 0.05) is 19.1 Å². The summed E-state index contributed by atoms with van der Waals surface area (Å²) >= 11 is 0. The lowest BCUT2D eigenvalue weighted by Gasteiger charge is -2.24. The third kappa shape index (κ3) is 6.31.